The second kappa shape index (κ2) is 7.34. The number of rotatable bonds is 5. The number of hydrogen-bond donors (Lipinski definition) is 0. The van der Waals surface area contributed by atoms with E-state index in [9.17, 15) is 4.79 Å². The molecular weight excluding hydrogens is 324 g/mol. The van der Waals surface area contributed by atoms with Crippen LogP contribution in [0.15, 0.2) is 60.8 Å². The number of likely N-dealkylation sites (tertiary alicyclic amines) is 1. The molecule has 2 heterocycles. The van der Waals surface area contributed by atoms with Crippen LogP contribution in [0, 0.1) is 6.92 Å². The van der Waals surface area contributed by atoms with Crippen molar-refractivity contribution in [3.05, 3.63) is 71.9 Å². The first-order valence-corrected chi connectivity index (χ1v) is 9.19. The molecule has 0 amide bonds. The molecule has 1 aliphatic heterocycles. The Hall–Kier alpha value is -2.59. The molecule has 0 bridgehead atoms. The molecule has 0 radical (unpaired) electrons. The van der Waals surface area contributed by atoms with Gasteiger partial charge in [0.15, 0.2) is 0 Å². The fourth-order valence-electron chi connectivity index (χ4n) is 3.80. The number of nitrogens with zero attached hydrogens (tertiary/aromatic N) is 2. The zero-order valence-electron chi connectivity index (χ0n) is 15.1. The van der Waals surface area contributed by atoms with Crippen molar-refractivity contribution in [3.8, 4) is 0 Å². The van der Waals surface area contributed by atoms with Crippen molar-refractivity contribution < 1.29 is 9.53 Å². The highest BCUT2D eigenvalue weighted by Gasteiger charge is 2.25. The highest BCUT2D eigenvalue weighted by Crippen LogP contribution is 2.21. The molecule has 4 heteroatoms. The van der Waals surface area contributed by atoms with Gasteiger partial charge < -0.3 is 9.30 Å². The first-order chi connectivity index (χ1) is 12.7. The maximum Gasteiger partial charge on any atom is 0.326 e. The molecule has 134 valence electrons. The number of para-hydroxylation sites is 1. The van der Waals surface area contributed by atoms with E-state index in [0.717, 1.165) is 31.6 Å². The molecule has 2 aromatic carbocycles. The maximum atomic E-state index is 12.4. The van der Waals surface area contributed by atoms with Crippen molar-refractivity contribution in [3.63, 3.8) is 0 Å². The number of esters is 1. The summed E-state index contributed by atoms with van der Waals surface area (Å²) in [5.74, 6) is -0.155. The Morgan fingerprint density at radius 3 is 2.73 bits per heavy atom. The number of ether oxygens (including phenoxy) is 1. The SMILES string of the molecule is Cc1cn(CC(=O)O[C@@H]2CCN(Cc3ccccc3)C2)c2ccccc12. The molecule has 1 aliphatic rings. The molecule has 26 heavy (non-hydrogen) atoms. The Balaban J connectivity index is 1.34. The van der Waals surface area contributed by atoms with Crippen molar-refractivity contribution in [1.82, 2.24) is 9.47 Å². The van der Waals surface area contributed by atoms with Gasteiger partial charge in [-0.3, -0.25) is 9.69 Å². The van der Waals surface area contributed by atoms with Crippen molar-refractivity contribution in [2.24, 2.45) is 0 Å². The molecule has 4 rings (SSSR count). The quantitative estimate of drug-likeness (QED) is 0.658. The van der Waals surface area contributed by atoms with Gasteiger partial charge in [-0.25, -0.2) is 0 Å². The lowest BCUT2D eigenvalue weighted by Crippen LogP contribution is -2.26. The number of carbonyl (C=O) groups excluding carboxylic acids is 1. The Kier molecular flexibility index (Phi) is 4.76. The normalized spacial score (nSPS) is 17.7. The summed E-state index contributed by atoms with van der Waals surface area (Å²) in [6, 6.07) is 18.6. The summed E-state index contributed by atoms with van der Waals surface area (Å²) in [7, 11) is 0. The minimum Gasteiger partial charge on any atom is -0.460 e. The molecular formula is C22H24N2O2. The highest BCUT2D eigenvalue weighted by atomic mass is 16.5. The fourth-order valence-corrected chi connectivity index (χ4v) is 3.80. The van der Waals surface area contributed by atoms with Gasteiger partial charge in [-0.2, -0.15) is 0 Å². The first-order valence-electron chi connectivity index (χ1n) is 9.19. The number of benzene rings is 2. The lowest BCUT2D eigenvalue weighted by molar-refractivity contribution is -0.149. The Labute approximate surface area is 154 Å². The van der Waals surface area contributed by atoms with E-state index in [-0.39, 0.29) is 18.6 Å². The molecule has 3 aromatic rings. The summed E-state index contributed by atoms with van der Waals surface area (Å²) in [6.45, 7) is 5.03. The lowest BCUT2D eigenvalue weighted by Gasteiger charge is -2.16. The number of fused-ring (bicyclic) bond motifs is 1. The van der Waals surface area contributed by atoms with E-state index < -0.39 is 0 Å². The standard InChI is InChI=1S/C22H24N2O2/c1-17-13-24(21-10-6-5-9-20(17)21)16-22(25)26-19-11-12-23(15-19)14-18-7-3-2-4-8-18/h2-10,13,19H,11-12,14-16H2,1H3/t19-/m1/s1. The molecule has 1 saturated heterocycles. The van der Waals surface area contributed by atoms with Crippen LogP contribution in [-0.4, -0.2) is 34.6 Å². The van der Waals surface area contributed by atoms with Crippen LogP contribution in [0.4, 0.5) is 0 Å². The molecule has 0 saturated carbocycles. The van der Waals surface area contributed by atoms with Crippen molar-refractivity contribution >= 4 is 16.9 Å². The third kappa shape index (κ3) is 3.65. The summed E-state index contributed by atoms with van der Waals surface area (Å²) in [6.07, 6.45) is 2.93. The minimum absolute atomic E-state index is 0.00543. The highest BCUT2D eigenvalue weighted by molar-refractivity contribution is 5.85. The summed E-state index contributed by atoms with van der Waals surface area (Å²) >= 11 is 0. The zero-order valence-corrected chi connectivity index (χ0v) is 15.1. The van der Waals surface area contributed by atoms with E-state index in [1.165, 1.54) is 16.5 Å². The van der Waals surface area contributed by atoms with E-state index >= 15 is 0 Å². The van der Waals surface area contributed by atoms with E-state index in [1.54, 1.807) is 0 Å². The summed E-state index contributed by atoms with van der Waals surface area (Å²) in [4.78, 5) is 14.8. The monoisotopic (exact) mass is 348 g/mol. The topological polar surface area (TPSA) is 34.5 Å². The average molecular weight is 348 g/mol. The number of aromatic nitrogens is 1. The summed E-state index contributed by atoms with van der Waals surface area (Å²) in [5.41, 5.74) is 3.57. The third-order valence-corrected chi connectivity index (χ3v) is 5.06. The number of hydrogen-bond acceptors (Lipinski definition) is 3. The van der Waals surface area contributed by atoms with Gasteiger partial charge in [-0.05, 0) is 30.5 Å². The average Bonchev–Trinajstić information content (AvgIpc) is 3.21. The van der Waals surface area contributed by atoms with Gasteiger partial charge in [0, 0.05) is 36.7 Å². The van der Waals surface area contributed by atoms with Crippen LogP contribution in [0.1, 0.15) is 17.5 Å². The van der Waals surface area contributed by atoms with Crippen LogP contribution < -0.4 is 0 Å². The predicted octanol–water partition coefficient (Wildman–Crippen LogP) is 3.77. The third-order valence-electron chi connectivity index (χ3n) is 5.06. The van der Waals surface area contributed by atoms with Crippen molar-refractivity contribution in [2.75, 3.05) is 13.1 Å². The first kappa shape index (κ1) is 16.9. The summed E-state index contributed by atoms with van der Waals surface area (Å²) in [5, 5.41) is 1.19. The van der Waals surface area contributed by atoms with Gasteiger partial charge in [0.2, 0.25) is 0 Å². The molecule has 1 atom stereocenters. The second-order valence-electron chi connectivity index (χ2n) is 7.08. The van der Waals surface area contributed by atoms with Crippen LogP contribution in [0.25, 0.3) is 10.9 Å². The predicted molar refractivity (Wildman–Crippen MR) is 103 cm³/mol. The van der Waals surface area contributed by atoms with Crippen LogP contribution in [0.5, 0.6) is 0 Å². The van der Waals surface area contributed by atoms with E-state index in [2.05, 4.69) is 42.2 Å². The fraction of sp³-hybridized carbons (Fsp3) is 0.318. The van der Waals surface area contributed by atoms with E-state index in [1.807, 2.05) is 35.0 Å². The van der Waals surface area contributed by atoms with Crippen LogP contribution in [-0.2, 0) is 22.6 Å². The zero-order chi connectivity index (χ0) is 17.9. The van der Waals surface area contributed by atoms with Gasteiger partial charge in [0.05, 0.1) is 0 Å². The largest absolute Gasteiger partial charge is 0.460 e. The molecule has 0 N–H and O–H groups in total. The maximum absolute atomic E-state index is 12.4. The van der Waals surface area contributed by atoms with Crippen LogP contribution in [0.2, 0.25) is 0 Å². The smallest absolute Gasteiger partial charge is 0.326 e. The van der Waals surface area contributed by atoms with Crippen LogP contribution >= 0.6 is 0 Å². The number of carbonyl (C=O) groups is 1. The molecule has 0 spiro atoms. The second-order valence-corrected chi connectivity index (χ2v) is 7.08. The van der Waals surface area contributed by atoms with Crippen molar-refractivity contribution in [1.29, 1.82) is 0 Å². The van der Waals surface area contributed by atoms with Gasteiger partial charge in [0.1, 0.15) is 12.6 Å². The molecule has 1 fully saturated rings. The Morgan fingerprint density at radius 1 is 1.12 bits per heavy atom. The summed E-state index contributed by atoms with van der Waals surface area (Å²) < 4.78 is 7.73. The van der Waals surface area contributed by atoms with Crippen LogP contribution in [0.3, 0.4) is 0 Å². The lowest BCUT2D eigenvalue weighted by atomic mass is 10.2. The van der Waals surface area contributed by atoms with Gasteiger partial charge in [0.25, 0.3) is 0 Å². The van der Waals surface area contributed by atoms with Gasteiger partial charge in [-0.15, -0.1) is 0 Å². The van der Waals surface area contributed by atoms with Gasteiger partial charge in [-0.1, -0.05) is 48.5 Å². The minimum atomic E-state index is -0.155. The van der Waals surface area contributed by atoms with Gasteiger partial charge >= 0.3 is 5.97 Å². The van der Waals surface area contributed by atoms with E-state index in [0.29, 0.717) is 0 Å². The van der Waals surface area contributed by atoms with E-state index in [4.69, 9.17) is 4.74 Å². The Bertz CT molecular complexity index is 901. The molecule has 0 unspecified atom stereocenters. The molecule has 4 nitrogen and oxygen atoms in total. The molecule has 1 aromatic heterocycles. The van der Waals surface area contributed by atoms with Crippen molar-refractivity contribution in [2.45, 2.75) is 32.5 Å². The molecule has 0 aliphatic carbocycles. The number of aryl methyl sites for hydroxylation is 1. The Morgan fingerprint density at radius 2 is 1.88 bits per heavy atom.